The topological polar surface area (TPSA) is 66.5 Å². The fourth-order valence-electron chi connectivity index (χ4n) is 2.88. The molecule has 0 spiro atoms. The molecular formula is C23H22Cl2N2O3S2. The first-order valence-electron chi connectivity index (χ1n) is 9.76. The number of benzene rings is 3. The van der Waals surface area contributed by atoms with E-state index >= 15 is 0 Å². The van der Waals surface area contributed by atoms with Crippen LogP contribution in [-0.2, 0) is 14.8 Å². The molecule has 0 aliphatic carbocycles. The molecule has 1 N–H and O–H groups in total. The Morgan fingerprint density at radius 3 is 2.38 bits per heavy atom. The number of carbonyl (C=O) groups excluding carboxylic acids is 1. The van der Waals surface area contributed by atoms with Crippen molar-refractivity contribution in [3.05, 3.63) is 88.4 Å². The molecule has 0 heterocycles. The summed E-state index contributed by atoms with van der Waals surface area (Å²) in [5.41, 5.74) is 1.07. The van der Waals surface area contributed by atoms with Crippen LogP contribution >= 0.6 is 35.0 Å². The summed E-state index contributed by atoms with van der Waals surface area (Å²) < 4.78 is 27.8. The van der Waals surface area contributed by atoms with Gasteiger partial charge < -0.3 is 5.32 Å². The molecule has 0 atom stereocenters. The van der Waals surface area contributed by atoms with Crippen LogP contribution < -0.4 is 9.62 Å². The number of thioether (sulfide) groups is 1. The van der Waals surface area contributed by atoms with Gasteiger partial charge in [0, 0.05) is 22.2 Å². The third-order valence-corrected chi connectivity index (χ3v) is 7.85. The lowest BCUT2D eigenvalue weighted by Crippen LogP contribution is -2.41. The normalized spacial score (nSPS) is 11.2. The maximum atomic E-state index is 13.4. The summed E-state index contributed by atoms with van der Waals surface area (Å²) in [6.07, 6.45) is 0. The third-order valence-electron chi connectivity index (χ3n) is 4.51. The Balaban J connectivity index is 1.77. The molecule has 1 amide bonds. The number of nitrogens with one attached hydrogen (secondary N) is 1. The van der Waals surface area contributed by atoms with Gasteiger partial charge in [-0.1, -0.05) is 59.1 Å². The summed E-state index contributed by atoms with van der Waals surface area (Å²) in [4.78, 5) is 13.8. The molecule has 0 unspecified atom stereocenters. The first-order chi connectivity index (χ1) is 15.3. The van der Waals surface area contributed by atoms with Gasteiger partial charge in [-0.2, -0.15) is 0 Å². The first-order valence-corrected chi connectivity index (χ1v) is 12.9. The van der Waals surface area contributed by atoms with Crippen molar-refractivity contribution >= 4 is 56.6 Å². The Morgan fingerprint density at radius 2 is 1.69 bits per heavy atom. The number of rotatable bonds is 9. The molecule has 0 saturated heterocycles. The molecule has 32 heavy (non-hydrogen) atoms. The Labute approximate surface area is 202 Å². The van der Waals surface area contributed by atoms with Gasteiger partial charge in [-0.3, -0.25) is 9.10 Å². The van der Waals surface area contributed by atoms with Crippen LogP contribution in [0, 0.1) is 6.92 Å². The quantitative estimate of drug-likeness (QED) is 0.310. The number of halogens is 2. The van der Waals surface area contributed by atoms with Gasteiger partial charge in [-0.25, -0.2) is 8.42 Å². The highest BCUT2D eigenvalue weighted by molar-refractivity contribution is 7.99. The molecule has 3 aromatic rings. The van der Waals surface area contributed by atoms with E-state index in [0.717, 1.165) is 14.8 Å². The van der Waals surface area contributed by atoms with E-state index in [-0.39, 0.29) is 15.6 Å². The van der Waals surface area contributed by atoms with Crippen molar-refractivity contribution in [3.8, 4) is 0 Å². The average molecular weight is 509 g/mol. The molecule has 0 aromatic heterocycles. The summed E-state index contributed by atoms with van der Waals surface area (Å²) in [5, 5.41) is 3.27. The zero-order valence-electron chi connectivity index (χ0n) is 17.3. The van der Waals surface area contributed by atoms with Crippen LogP contribution in [0.2, 0.25) is 10.0 Å². The number of carbonyl (C=O) groups is 1. The van der Waals surface area contributed by atoms with E-state index in [4.69, 9.17) is 23.2 Å². The summed E-state index contributed by atoms with van der Waals surface area (Å²) in [5.74, 6) is 0.212. The van der Waals surface area contributed by atoms with Crippen molar-refractivity contribution in [2.24, 2.45) is 0 Å². The number of anilines is 1. The van der Waals surface area contributed by atoms with E-state index in [9.17, 15) is 13.2 Å². The fraction of sp³-hybridized carbons (Fsp3) is 0.174. The molecule has 0 aliphatic heterocycles. The van der Waals surface area contributed by atoms with Gasteiger partial charge >= 0.3 is 0 Å². The second-order valence-electron chi connectivity index (χ2n) is 6.93. The SMILES string of the molecule is Cc1ccc(S(=O)(=O)N(CC(=O)NCCSc2ccccc2)c2cc(Cl)ccc2Cl)cc1. The Hall–Kier alpha value is -2.19. The summed E-state index contributed by atoms with van der Waals surface area (Å²) in [6, 6.07) is 20.7. The second kappa shape index (κ2) is 11.1. The van der Waals surface area contributed by atoms with E-state index in [2.05, 4.69) is 5.32 Å². The van der Waals surface area contributed by atoms with Gasteiger partial charge in [0.05, 0.1) is 15.6 Å². The van der Waals surface area contributed by atoms with Gasteiger partial charge in [0.2, 0.25) is 5.91 Å². The van der Waals surface area contributed by atoms with Crippen molar-refractivity contribution in [1.29, 1.82) is 0 Å². The smallest absolute Gasteiger partial charge is 0.264 e. The molecule has 5 nitrogen and oxygen atoms in total. The van der Waals surface area contributed by atoms with Crippen molar-refractivity contribution in [2.45, 2.75) is 16.7 Å². The minimum atomic E-state index is -4.05. The third kappa shape index (κ3) is 6.42. The number of aryl methyl sites for hydroxylation is 1. The van der Waals surface area contributed by atoms with E-state index in [1.807, 2.05) is 37.3 Å². The molecule has 0 saturated carbocycles. The van der Waals surface area contributed by atoms with Crippen LogP contribution in [0.4, 0.5) is 5.69 Å². The van der Waals surface area contributed by atoms with Gasteiger partial charge in [0.15, 0.2) is 0 Å². The van der Waals surface area contributed by atoms with Crippen molar-refractivity contribution in [2.75, 3.05) is 23.1 Å². The summed E-state index contributed by atoms with van der Waals surface area (Å²) in [7, 11) is -4.05. The highest BCUT2D eigenvalue weighted by Crippen LogP contribution is 2.33. The zero-order chi connectivity index (χ0) is 23.1. The van der Waals surface area contributed by atoms with Crippen molar-refractivity contribution in [1.82, 2.24) is 5.32 Å². The molecule has 0 bridgehead atoms. The highest BCUT2D eigenvalue weighted by Gasteiger charge is 2.29. The predicted octanol–water partition coefficient (Wildman–Crippen LogP) is 5.41. The number of hydrogen-bond acceptors (Lipinski definition) is 4. The van der Waals surface area contributed by atoms with E-state index < -0.39 is 22.5 Å². The number of hydrogen-bond donors (Lipinski definition) is 1. The molecule has 0 fully saturated rings. The van der Waals surface area contributed by atoms with Gasteiger partial charge in [-0.05, 0) is 49.4 Å². The number of amides is 1. The fourth-order valence-corrected chi connectivity index (χ4v) is 5.53. The minimum absolute atomic E-state index is 0.0616. The molecule has 9 heteroatoms. The van der Waals surface area contributed by atoms with E-state index in [1.54, 1.807) is 30.0 Å². The van der Waals surface area contributed by atoms with Gasteiger partial charge in [-0.15, -0.1) is 11.8 Å². The minimum Gasteiger partial charge on any atom is -0.354 e. The lowest BCUT2D eigenvalue weighted by atomic mass is 10.2. The van der Waals surface area contributed by atoms with Crippen molar-refractivity contribution < 1.29 is 13.2 Å². The van der Waals surface area contributed by atoms with Gasteiger partial charge in [0.25, 0.3) is 10.0 Å². The molecule has 168 valence electrons. The Morgan fingerprint density at radius 1 is 1.00 bits per heavy atom. The molecule has 0 aliphatic rings. The number of sulfonamides is 1. The van der Waals surface area contributed by atoms with Crippen LogP contribution in [-0.4, -0.2) is 33.2 Å². The average Bonchev–Trinajstić information content (AvgIpc) is 2.78. The lowest BCUT2D eigenvalue weighted by Gasteiger charge is -2.25. The maximum Gasteiger partial charge on any atom is 0.264 e. The predicted molar refractivity (Wildman–Crippen MR) is 132 cm³/mol. The van der Waals surface area contributed by atoms with E-state index in [0.29, 0.717) is 17.3 Å². The number of nitrogens with zero attached hydrogens (tertiary/aromatic N) is 1. The van der Waals surface area contributed by atoms with Crippen LogP contribution in [0.15, 0.2) is 82.6 Å². The summed E-state index contributed by atoms with van der Waals surface area (Å²) >= 11 is 14.0. The highest BCUT2D eigenvalue weighted by atomic mass is 35.5. The zero-order valence-corrected chi connectivity index (χ0v) is 20.4. The standard InChI is InChI=1S/C23H22Cl2N2O3S2/c1-17-7-10-20(11-8-17)32(29,30)27(22-15-18(24)9-12-21(22)25)16-23(28)26-13-14-31-19-5-3-2-4-6-19/h2-12,15H,13-14,16H2,1H3,(H,26,28). The van der Waals surface area contributed by atoms with E-state index in [1.165, 1.54) is 24.3 Å². The summed E-state index contributed by atoms with van der Waals surface area (Å²) in [6.45, 7) is 1.83. The van der Waals surface area contributed by atoms with Crippen LogP contribution in [0.3, 0.4) is 0 Å². The lowest BCUT2D eigenvalue weighted by molar-refractivity contribution is -0.119. The van der Waals surface area contributed by atoms with Crippen LogP contribution in [0.5, 0.6) is 0 Å². The first kappa shape index (κ1) is 24.5. The molecule has 3 aromatic carbocycles. The Kier molecular flexibility index (Phi) is 8.48. The van der Waals surface area contributed by atoms with Crippen molar-refractivity contribution in [3.63, 3.8) is 0 Å². The Bertz CT molecular complexity index is 1170. The van der Waals surface area contributed by atoms with Crippen LogP contribution in [0.1, 0.15) is 5.56 Å². The molecule has 3 rings (SSSR count). The molecule has 0 radical (unpaired) electrons. The monoisotopic (exact) mass is 508 g/mol. The van der Waals surface area contributed by atoms with Crippen LogP contribution in [0.25, 0.3) is 0 Å². The largest absolute Gasteiger partial charge is 0.354 e. The molecular weight excluding hydrogens is 487 g/mol. The van der Waals surface area contributed by atoms with Gasteiger partial charge in [0.1, 0.15) is 6.54 Å². The maximum absolute atomic E-state index is 13.4. The second-order valence-corrected chi connectivity index (χ2v) is 10.8.